The van der Waals surface area contributed by atoms with Crippen LogP contribution in [0.15, 0.2) is 79.1 Å². The number of aromatic nitrogens is 4. The first-order valence-corrected chi connectivity index (χ1v) is 19.2. The quantitative estimate of drug-likeness (QED) is 0.113. The van der Waals surface area contributed by atoms with Crippen molar-refractivity contribution in [2.75, 3.05) is 36.8 Å². The van der Waals surface area contributed by atoms with E-state index in [1.807, 2.05) is 65.3 Å². The van der Waals surface area contributed by atoms with Crippen molar-refractivity contribution in [3.05, 3.63) is 90.3 Å². The highest BCUT2D eigenvalue weighted by molar-refractivity contribution is 6.23. The van der Waals surface area contributed by atoms with Crippen LogP contribution < -0.4 is 31.3 Å². The third-order valence-electron chi connectivity index (χ3n) is 11.3. The summed E-state index contributed by atoms with van der Waals surface area (Å²) in [5.41, 5.74) is 10.3. The number of nitrogens with two attached hydrogens (primary N) is 1. The summed E-state index contributed by atoms with van der Waals surface area (Å²) in [6.45, 7) is 3.24. The molecule has 0 bridgehead atoms. The Balaban J connectivity index is 0.745. The summed E-state index contributed by atoms with van der Waals surface area (Å²) >= 11 is 0. The molecular weight excluding hydrogens is 713 g/mol. The monoisotopic (exact) mass is 754 g/mol. The summed E-state index contributed by atoms with van der Waals surface area (Å²) in [6, 6.07) is 22.7. The second kappa shape index (κ2) is 14.8. The number of imide groups is 2. The van der Waals surface area contributed by atoms with Gasteiger partial charge in [-0.1, -0.05) is 18.2 Å². The van der Waals surface area contributed by atoms with Crippen LogP contribution in [-0.4, -0.2) is 92.6 Å². The Morgan fingerprint density at radius 2 is 1.50 bits per heavy atom. The molecule has 3 fully saturated rings. The predicted octanol–water partition coefficient (Wildman–Crippen LogP) is 3.82. The molecule has 4 amide bonds. The van der Waals surface area contributed by atoms with E-state index in [1.165, 1.54) is 6.33 Å². The van der Waals surface area contributed by atoms with E-state index in [2.05, 4.69) is 30.8 Å². The highest BCUT2D eigenvalue weighted by Gasteiger charge is 2.45. The summed E-state index contributed by atoms with van der Waals surface area (Å²) in [6.07, 6.45) is 5.70. The van der Waals surface area contributed by atoms with E-state index in [9.17, 15) is 19.2 Å². The molecule has 1 unspecified atom stereocenters. The predicted molar refractivity (Wildman–Crippen MR) is 208 cm³/mol. The second-order valence-corrected chi connectivity index (χ2v) is 14.9. The third kappa shape index (κ3) is 6.73. The number of nitrogens with one attached hydrogen (secondary N) is 3. The van der Waals surface area contributed by atoms with E-state index in [-0.39, 0.29) is 24.4 Å². The summed E-state index contributed by atoms with van der Waals surface area (Å²) in [7, 11) is 0. The van der Waals surface area contributed by atoms with Gasteiger partial charge in [-0.3, -0.25) is 29.4 Å². The Kier molecular flexibility index (Phi) is 9.39. The highest BCUT2D eigenvalue weighted by atomic mass is 16.5. The molecule has 0 radical (unpaired) electrons. The number of nitrogen functional groups attached to an aromatic ring is 1. The molecule has 3 aromatic carbocycles. The first-order chi connectivity index (χ1) is 27.3. The van der Waals surface area contributed by atoms with E-state index < -0.39 is 29.7 Å². The molecule has 1 atom stereocenters. The van der Waals surface area contributed by atoms with Crippen LogP contribution in [0, 0.1) is 0 Å². The van der Waals surface area contributed by atoms with Gasteiger partial charge in [0.2, 0.25) is 11.8 Å². The Bertz CT molecular complexity index is 2320. The number of fused-ring (bicyclic) bond motifs is 2. The first kappa shape index (κ1) is 35.5. The number of hydrogen-bond donors (Lipinski definition) is 4. The number of amides is 4. The molecular formula is C41H42N10O5. The molecule has 1 aliphatic carbocycles. The zero-order valence-corrected chi connectivity index (χ0v) is 30.7. The van der Waals surface area contributed by atoms with Crippen LogP contribution in [0.4, 0.5) is 11.5 Å². The van der Waals surface area contributed by atoms with Gasteiger partial charge in [0.1, 0.15) is 35.4 Å². The lowest BCUT2D eigenvalue weighted by Crippen LogP contribution is -2.59. The van der Waals surface area contributed by atoms with E-state index in [4.69, 9.17) is 15.6 Å². The largest absolute Gasteiger partial charge is 0.457 e. The van der Waals surface area contributed by atoms with Gasteiger partial charge in [0, 0.05) is 55.9 Å². The molecule has 3 aliphatic heterocycles. The smallest absolute Gasteiger partial charge is 0.262 e. The number of benzene rings is 3. The van der Waals surface area contributed by atoms with Crippen molar-refractivity contribution in [1.82, 2.24) is 40.6 Å². The fourth-order valence-electron chi connectivity index (χ4n) is 8.31. The molecule has 0 spiro atoms. The Morgan fingerprint density at radius 3 is 2.25 bits per heavy atom. The van der Waals surface area contributed by atoms with Gasteiger partial charge in [-0.2, -0.15) is 5.10 Å². The van der Waals surface area contributed by atoms with Gasteiger partial charge in [-0.25, -0.2) is 14.6 Å². The number of carbonyl (C=O) groups excluding carboxylic acids is 4. The van der Waals surface area contributed by atoms with Gasteiger partial charge < -0.3 is 26.0 Å². The highest BCUT2D eigenvalue weighted by Crippen LogP contribution is 2.37. The summed E-state index contributed by atoms with van der Waals surface area (Å²) < 4.78 is 8.03. The molecule has 15 nitrogen and oxygen atoms in total. The van der Waals surface area contributed by atoms with Gasteiger partial charge in [0.05, 0.1) is 22.6 Å². The zero-order valence-electron chi connectivity index (χ0n) is 30.7. The summed E-state index contributed by atoms with van der Waals surface area (Å²) in [5.74, 6) is -0.0632. The number of piperidine rings is 1. The number of carbonyl (C=O) groups is 4. The van der Waals surface area contributed by atoms with Crippen molar-refractivity contribution in [2.24, 2.45) is 0 Å². The lowest BCUT2D eigenvalue weighted by Gasteiger charge is -2.41. The van der Waals surface area contributed by atoms with Crippen LogP contribution >= 0.6 is 0 Å². The third-order valence-corrected chi connectivity index (χ3v) is 11.3. The van der Waals surface area contributed by atoms with Gasteiger partial charge in [0.25, 0.3) is 11.8 Å². The summed E-state index contributed by atoms with van der Waals surface area (Å²) in [4.78, 5) is 62.3. The van der Waals surface area contributed by atoms with Crippen molar-refractivity contribution < 1.29 is 23.9 Å². The van der Waals surface area contributed by atoms with E-state index in [0.29, 0.717) is 23.5 Å². The summed E-state index contributed by atoms with van der Waals surface area (Å²) in [5, 5.41) is 15.4. The van der Waals surface area contributed by atoms with E-state index in [0.717, 1.165) is 96.2 Å². The first-order valence-electron chi connectivity index (χ1n) is 19.2. The SMILES string of the molecule is Nc1ncnc2c1c(-c1ccc(Oc3ccccc3)cc1)nn2C1CCC(NCCNC2CN(c3ccc4c(c3)C(=O)N(C3CCC(=O)NC3=O)C4=O)C2)CC1. The Morgan fingerprint density at radius 1 is 0.786 bits per heavy atom. The van der Waals surface area contributed by atoms with Crippen LogP contribution in [0.3, 0.4) is 0 Å². The minimum Gasteiger partial charge on any atom is -0.457 e. The number of hydrogen-bond acceptors (Lipinski definition) is 12. The van der Waals surface area contributed by atoms with Crippen LogP contribution in [0.5, 0.6) is 11.5 Å². The van der Waals surface area contributed by atoms with Gasteiger partial charge in [-0.05, 0) is 86.7 Å². The van der Waals surface area contributed by atoms with E-state index in [1.54, 1.807) is 12.1 Å². The fourth-order valence-corrected chi connectivity index (χ4v) is 8.31. The average Bonchev–Trinajstić information content (AvgIpc) is 3.70. The molecule has 9 rings (SSSR count). The number of nitrogens with zero attached hydrogens (tertiary/aromatic N) is 6. The van der Waals surface area contributed by atoms with Crippen LogP contribution in [0.1, 0.15) is 65.3 Å². The Labute approximate surface area is 322 Å². The molecule has 2 aromatic heterocycles. The molecule has 15 heteroatoms. The molecule has 4 aliphatic rings. The van der Waals surface area contributed by atoms with Crippen LogP contribution in [0.25, 0.3) is 22.3 Å². The molecule has 286 valence electrons. The van der Waals surface area contributed by atoms with Gasteiger partial charge in [-0.15, -0.1) is 0 Å². The van der Waals surface area contributed by atoms with Crippen molar-refractivity contribution in [1.29, 1.82) is 0 Å². The minimum atomic E-state index is -0.971. The second-order valence-electron chi connectivity index (χ2n) is 14.9. The standard InChI is InChI=1S/C41H42N10O5/c42-37-35-36(24-6-13-30(14-7-24)56-29-4-2-1-3-5-29)48-51(38(35)46-23-45-37)27-10-8-25(9-11-27)43-18-19-44-26-21-49(22-26)28-12-15-31-32(20-28)41(55)50(40(31)54)33-16-17-34(52)47-39(33)53/h1-7,12-15,20,23,25-27,33,43-44H,8-11,16-19,21-22H2,(H2,42,45,46)(H,47,52,53). The zero-order chi connectivity index (χ0) is 38.3. The maximum atomic E-state index is 13.2. The molecule has 5 aromatic rings. The molecule has 56 heavy (non-hydrogen) atoms. The minimum absolute atomic E-state index is 0.0922. The van der Waals surface area contributed by atoms with Crippen molar-refractivity contribution in [2.45, 2.75) is 62.7 Å². The van der Waals surface area contributed by atoms with Crippen LogP contribution in [0.2, 0.25) is 0 Å². The maximum absolute atomic E-state index is 13.2. The fraction of sp³-hybridized carbons (Fsp3) is 0.341. The molecule has 2 saturated heterocycles. The lowest BCUT2D eigenvalue weighted by atomic mass is 9.91. The molecule has 5 N–H and O–H groups in total. The Hall–Kier alpha value is -6.19. The van der Waals surface area contributed by atoms with Gasteiger partial charge in [0.15, 0.2) is 5.65 Å². The number of anilines is 2. The lowest BCUT2D eigenvalue weighted by molar-refractivity contribution is -0.136. The van der Waals surface area contributed by atoms with Gasteiger partial charge >= 0.3 is 0 Å². The van der Waals surface area contributed by atoms with Crippen molar-refractivity contribution in [3.8, 4) is 22.8 Å². The number of para-hydroxylation sites is 1. The normalized spacial score (nSPS) is 21.3. The van der Waals surface area contributed by atoms with Crippen molar-refractivity contribution >= 4 is 46.2 Å². The number of ether oxygens (including phenoxy) is 1. The van der Waals surface area contributed by atoms with Crippen molar-refractivity contribution in [3.63, 3.8) is 0 Å². The van der Waals surface area contributed by atoms with Crippen LogP contribution in [-0.2, 0) is 9.59 Å². The molecule has 5 heterocycles. The van der Waals surface area contributed by atoms with E-state index >= 15 is 0 Å². The number of rotatable bonds is 11. The average molecular weight is 755 g/mol. The maximum Gasteiger partial charge on any atom is 0.262 e. The topological polar surface area (TPSA) is 190 Å². The molecule has 1 saturated carbocycles.